The van der Waals surface area contributed by atoms with Gasteiger partial charge in [-0.3, -0.25) is 4.79 Å². The molecule has 1 aromatic rings. The second-order valence-corrected chi connectivity index (χ2v) is 11.1. The Morgan fingerprint density at radius 2 is 1.71 bits per heavy atom. The van der Waals surface area contributed by atoms with Crippen LogP contribution in [0, 0.1) is 12.8 Å². The molecule has 0 saturated carbocycles. The summed E-state index contributed by atoms with van der Waals surface area (Å²) in [5, 5.41) is 32.9. The van der Waals surface area contributed by atoms with Gasteiger partial charge in [-0.15, -0.1) is 0 Å². The van der Waals surface area contributed by atoms with E-state index in [1.807, 2.05) is 6.92 Å². The van der Waals surface area contributed by atoms with Crippen molar-refractivity contribution in [3.05, 3.63) is 33.9 Å². The third-order valence-electron chi connectivity index (χ3n) is 8.11. The summed E-state index contributed by atoms with van der Waals surface area (Å²) < 4.78 is 17.2. The third-order valence-corrected chi connectivity index (χ3v) is 8.11. The second kappa shape index (κ2) is 9.75. The van der Waals surface area contributed by atoms with Gasteiger partial charge in [0.05, 0.1) is 6.10 Å². The highest BCUT2D eigenvalue weighted by Crippen LogP contribution is 2.58. The van der Waals surface area contributed by atoms with E-state index in [0.717, 1.165) is 30.4 Å². The van der Waals surface area contributed by atoms with Crippen LogP contribution in [0.15, 0.2) is 11.6 Å². The zero-order valence-corrected chi connectivity index (χ0v) is 21.9. The molecule has 0 bridgehead atoms. The summed E-state index contributed by atoms with van der Waals surface area (Å²) in [5.41, 5.74) is 5.49. The van der Waals surface area contributed by atoms with Crippen LogP contribution < -0.4 is 4.74 Å². The van der Waals surface area contributed by atoms with Gasteiger partial charge in [-0.2, -0.15) is 0 Å². The first kappa shape index (κ1) is 26.0. The van der Waals surface area contributed by atoms with Gasteiger partial charge in [0.1, 0.15) is 6.10 Å². The Balaban J connectivity index is 1.82. The van der Waals surface area contributed by atoms with E-state index in [9.17, 15) is 20.1 Å². The van der Waals surface area contributed by atoms with Crippen molar-refractivity contribution < 1.29 is 34.3 Å². The number of esters is 1. The average molecular weight is 489 g/mol. The summed E-state index contributed by atoms with van der Waals surface area (Å²) in [6.45, 7) is 13.5. The molecule has 7 heteroatoms. The Hall–Kier alpha value is -2.09. The lowest BCUT2D eigenvalue weighted by molar-refractivity contribution is -0.272. The zero-order valence-electron chi connectivity index (χ0n) is 21.9. The van der Waals surface area contributed by atoms with Crippen molar-refractivity contribution >= 4 is 5.97 Å². The van der Waals surface area contributed by atoms with Crippen LogP contribution in [0.1, 0.15) is 101 Å². The van der Waals surface area contributed by atoms with Crippen LogP contribution in [0.25, 0.3) is 0 Å². The lowest BCUT2D eigenvalue weighted by atomic mass is 9.62. The van der Waals surface area contributed by atoms with Crippen LogP contribution in [0.5, 0.6) is 11.5 Å². The Morgan fingerprint density at radius 1 is 1.03 bits per heavy atom. The molecule has 1 aliphatic heterocycles. The minimum atomic E-state index is -1.42. The van der Waals surface area contributed by atoms with Crippen LogP contribution in [0.4, 0.5) is 0 Å². The number of phenolic OH excluding ortho intramolecular Hbond substituents is 1. The van der Waals surface area contributed by atoms with Crippen LogP contribution >= 0.6 is 0 Å². The largest absolute Gasteiger partial charge is 0.504 e. The Bertz CT molecular complexity index is 1010. The van der Waals surface area contributed by atoms with Crippen LogP contribution in [0.3, 0.4) is 0 Å². The summed E-state index contributed by atoms with van der Waals surface area (Å²) in [6, 6.07) is 0. The van der Waals surface area contributed by atoms with Gasteiger partial charge in [0.2, 0.25) is 6.29 Å². The highest BCUT2D eigenvalue weighted by Gasteiger charge is 2.47. The maximum atomic E-state index is 11.6. The summed E-state index contributed by atoms with van der Waals surface area (Å²) in [5.74, 6) is 1.07. The average Bonchev–Trinajstić information content (AvgIpc) is 2.76. The Kier molecular flexibility index (Phi) is 7.24. The van der Waals surface area contributed by atoms with Gasteiger partial charge >= 0.3 is 5.97 Å². The molecule has 1 heterocycles. The van der Waals surface area contributed by atoms with Crippen molar-refractivity contribution in [2.24, 2.45) is 5.92 Å². The molecule has 1 saturated heterocycles. The summed E-state index contributed by atoms with van der Waals surface area (Å²) in [7, 11) is 0. The first-order valence-corrected chi connectivity index (χ1v) is 12.8. The number of aliphatic hydroxyl groups is 2. The predicted molar refractivity (Wildman–Crippen MR) is 132 cm³/mol. The lowest BCUT2D eigenvalue weighted by Gasteiger charge is -2.44. The molecule has 2 aliphatic carbocycles. The van der Waals surface area contributed by atoms with Crippen LogP contribution in [-0.2, 0) is 14.3 Å². The summed E-state index contributed by atoms with van der Waals surface area (Å²) >= 11 is 0. The summed E-state index contributed by atoms with van der Waals surface area (Å²) in [4.78, 5) is 11.6. The van der Waals surface area contributed by atoms with Crippen molar-refractivity contribution in [1.82, 2.24) is 0 Å². The van der Waals surface area contributed by atoms with E-state index in [-0.39, 0.29) is 17.6 Å². The molecule has 1 aromatic carbocycles. The zero-order chi connectivity index (χ0) is 25.8. The van der Waals surface area contributed by atoms with Gasteiger partial charge in [0.25, 0.3) is 0 Å². The van der Waals surface area contributed by atoms with E-state index in [0.29, 0.717) is 17.6 Å². The molecule has 3 N–H and O–H groups in total. The molecular weight excluding hydrogens is 448 g/mol. The van der Waals surface area contributed by atoms with Crippen molar-refractivity contribution in [2.45, 2.75) is 116 Å². The number of rotatable bonds is 4. The standard InChI is InChI=1S/C28H40O7/c1-12(2)10-18-11-14(4)19-9-8-13(3)20-22(19)21(18)15(5)26(24(20)31)35-28-25(32)27(34-17(7)29)23(30)16(6)33-28/h10,13-14,16,18-19,23,25,27-28,30-32H,8-9,11H2,1-7H3/t13-,14-,16?,18+,19+,23?,25?,27?,28?/m0/s1. The van der Waals surface area contributed by atoms with Gasteiger partial charge in [-0.05, 0) is 81.4 Å². The van der Waals surface area contributed by atoms with Crippen molar-refractivity contribution in [1.29, 1.82) is 0 Å². The number of phenols is 1. The Labute approximate surface area is 208 Å². The molecule has 0 spiro atoms. The lowest BCUT2D eigenvalue weighted by Crippen LogP contribution is -2.59. The number of aliphatic hydroxyl groups excluding tert-OH is 2. The fourth-order valence-corrected chi connectivity index (χ4v) is 6.48. The van der Waals surface area contributed by atoms with Gasteiger partial charge in [0, 0.05) is 18.4 Å². The number of hydrogen-bond acceptors (Lipinski definition) is 7. The van der Waals surface area contributed by atoms with E-state index >= 15 is 0 Å². The molecule has 0 aromatic heterocycles. The number of hydrogen-bond donors (Lipinski definition) is 3. The number of ether oxygens (including phenoxy) is 3. The summed E-state index contributed by atoms with van der Waals surface area (Å²) in [6.07, 6.45) is -0.341. The molecule has 1 fully saturated rings. The highest BCUT2D eigenvalue weighted by molar-refractivity contribution is 5.66. The number of benzene rings is 1. The van der Waals surface area contributed by atoms with Gasteiger partial charge in [-0.1, -0.05) is 25.5 Å². The maximum absolute atomic E-state index is 11.6. The van der Waals surface area contributed by atoms with E-state index in [4.69, 9.17) is 14.2 Å². The van der Waals surface area contributed by atoms with E-state index in [1.165, 1.54) is 23.6 Å². The molecule has 194 valence electrons. The molecule has 3 aliphatic rings. The SMILES string of the molecule is CC(=O)OC1C(O)C(C)OC(Oc2c(C)c3c4c(c2O)[C@@H](C)CC[C@@H]4[C@@H](C)C[C@H]3C=C(C)C)C1O. The van der Waals surface area contributed by atoms with E-state index < -0.39 is 36.7 Å². The van der Waals surface area contributed by atoms with Crippen LogP contribution in [0.2, 0.25) is 0 Å². The van der Waals surface area contributed by atoms with E-state index in [1.54, 1.807) is 6.92 Å². The number of aromatic hydroxyl groups is 1. The van der Waals surface area contributed by atoms with E-state index in [2.05, 4.69) is 33.8 Å². The smallest absolute Gasteiger partial charge is 0.303 e. The number of carbonyl (C=O) groups excluding carboxylic acids is 1. The number of allylic oxidation sites excluding steroid dienone is 2. The topological polar surface area (TPSA) is 105 Å². The molecule has 35 heavy (non-hydrogen) atoms. The molecule has 7 nitrogen and oxygen atoms in total. The molecule has 5 unspecified atom stereocenters. The molecule has 0 radical (unpaired) electrons. The van der Waals surface area contributed by atoms with Crippen molar-refractivity contribution in [3.63, 3.8) is 0 Å². The minimum absolute atomic E-state index is 0.0992. The Morgan fingerprint density at radius 3 is 2.34 bits per heavy atom. The number of carbonyl (C=O) groups is 1. The monoisotopic (exact) mass is 488 g/mol. The first-order chi connectivity index (χ1) is 16.4. The molecular formula is C28H40O7. The molecule has 4 rings (SSSR count). The van der Waals surface area contributed by atoms with Crippen molar-refractivity contribution in [2.75, 3.05) is 0 Å². The van der Waals surface area contributed by atoms with Crippen molar-refractivity contribution in [3.8, 4) is 11.5 Å². The van der Waals surface area contributed by atoms with Gasteiger partial charge in [0.15, 0.2) is 23.7 Å². The maximum Gasteiger partial charge on any atom is 0.303 e. The predicted octanol–water partition coefficient (Wildman–Crippen LogP) is 4.55. The fourth-order valence-electron chi connectivity index (χ4n) is 6.48. The second-order valence-electron chi connectivity index (χ2n) is 11.1. The van der Waals surface area contributed by atoms with Gasteiger partial charge < -0.3 is 29.5 Å². The normalized spacial score (nSPS) is 36.2. The highest BCUT2D eigenvalue weighted by atomic mass is 16.7. The third kappa shape index (κ3) is 4.58. The van der Waals surface area contributed by atoms with Crippen LogP contribution in [-0.4, -0.2) is 52.0 Å². The quantitative estimate of drug-likeness (QED) is 0.422. The molecule has 0 amide bonds. The molecule has 9 atom stereocenters. The minimum Gasteiger partial charge on any atom is -0.504 e. The van der Waals surface area contributed by atoms with Gasteiger partial charge in [-0.25, -0.2) is 0 Å². The fraction of sp³-hybridized carbons (Fsp3) is 0.679. The first-order valence-electron chi connectivity index (χ1n) is 12.8.